The smallest absolute Gasteiger partial charge is 0.319 e. The number of carbonyl (C=O) groups is 2. The van der Waals surface area contributed by atoms with E-state index >= 15 is 0 Å². The molecule has 0 unspecified atom stereocenters. The first-order chi connectivity index (χ1) is 8.95. The fourth-order valence-corrected chi connectivity index (χ4v) is 2.18. The molecule has 2 rings (SSSR count). The van der Waals surface area contributed by atoms with Gasteiger partial charge in [0.05, 0.1) is 0 Å². The first kappa shape index (κ1) is 13.4. The maximum Gasteiger partial charge on any atom is 0.319 e. The van der Waals surface area contributed by atoms with Crippen molar-refractivity contribution in [2.75, 3.05) is 24.3 Å². The Hall–Kier alpha value is -2.04. The van der Waals surface area contributed by atoms with Gasteiger partial charge in [-0.05, 0) is 31.0 Å². The number of rotatable bonds is 4. The van der Waals surface area contributed by atoms with Gasteiger partial charge in [-0.1, -0.05) is 12.5 Å². The predicted molar refractivity (Wildman–Crippen MR) is 73.3 cm³/mol. The number of aliphatic carboxylic acids is 1. The average Bonchev–Trinajstić information content (AvgIpc) is 2.26. The topological polar surface area (TPSA) is 69.6 Å². The Morgan fingerprint density at radius 1 is 1.32 bits per heavy atom. The van der Waals surface area contributed by atoms with Crippen LogP contribution in [0.3, 0.4) is 0 Å². The highest BCUT2D eigenvalue weighted by Gasteiger charge is 2.51. The van der Waals surface area contributed by atoms with Crippen LogP contribution >= 0.6 is 0 Å². The predicted octanol–water partition coefficient (Wildman–Crippen LogP) is 1.95. The van der Waals surface area contributed by atoms with Crippen LogP contribution in [0.25, 0.3) is 0 Å². The summed E-state index contributed by atoms with van der Waals surface area (Å²) in [7, 11) is 3.82. The molecule has 0 atom stereocenters. The molecule has 102 valence electrons. The molecule has 1 saturated carbocycles. The summed E-state index contributed by atoms with van der Waals surface area (Å²) >= 11 is 0. The summed E-state index contributed by atoms with van der Waals surface area (Å²) in [5.74, 6) is -1.44. The standard InChI is InChI=1S/C14H18N2O3/c1-16(2)11-6-3-5-10(9-11)15-12(17)14(13(18)19)7-4-8-14/h3,5-6,9H,4,7-8H2,1-2H3,(H,15,17)(H,18,19). The molecule has 5 nitrogen and oxygen atoms in total. The van der Waals surface area contributed by atoms with Crippen LogP contribution in [0, 0.1) is 5.41 Å². The van der Waals surface area contributed by atoms with Gasteiger partial charge in [0.15, 0.2) is 0 Å². The Morgan fingerprint density at radius 3 is 2.47 bits per heavy atom. The van der Waals surface area contributed by atoms with Crippen molar-refractivity contribution in [3.05, 3.63) is 24.3 Å². The maximum atomic E-state index is 12.1. The van der Waals surface area contributed by atoms with Crippen molar-refractivity contribution in [1.29, 1.82) is 0 Å². The van der Waals surface area contributed by atoms with Crippen LogP contribution in [-0.2, 0) is 9.59 Å². The lowest BCUT2D eigenvalue weighted by atomic mass is 9.68. The molecule has 5 heteroatoms. The summed E-state index contributed by atoms with van der Waals surface area (Å²) in [6.45, 7) is 0. The van der Waals surface area contributed by atoms with E-state index in [0.29, 0.717) is 18.5 Å². The first-order valence-electron chi connectivity index (χ1n) is 6.28. The number of nitrogens with one attached hydrogen (secondary N) is 1. The van der Waals surface area contributed by atoms with Crippen LogP contribution in [0.4, 0.5) is 11.4 Å². The number of nitrogens with zero attached hydrogens (tertiary/aromatic N) is 1. The van der Waals surface area contributed by atoms with Crippen molar-refractivity contribution in [1.82, 2.24) is 0 Å². The molecule has 0 spiro atoms. The fraction of sp³-hybridized carbons (Fsp3) is 0.429. The lowest BCUT2D eigenvalue weighted by Crippen LogP contribution is -2.48. The van der Waals surface area contributed by atoms with Gasteiger partial charge in [-0.2, -0.15) is 0 Å². The molecule has 1 aromatic carbocycles. The minimum atomic E-state index is -1.23. The molecule has 1 aliphatic carbocycles. The molecule has 1 fully saturated rings. The molecule has 1 amide bonds. The lowest BCUT2D eigenvalue weighted by molar-refractivity contribution is -0.159. The molecule has 0 saturated heterocycles. The van der Waals surface area contributed by atoms with E-state index in [0.717, 1.165) is 12.1 Å². The lowest BCUT2D eigenvalue weighted by Gasteiger charge is -2.35. The fourth-order valence-electron chi connectivity index (χ4n) is 2.18. The Bertz CT molecular complexity index is 507. The van der Waals surface area contributed by atoms with Gasteiger partial charge in [0, 0.05) is 25.5 Å². The van der Waals surface area contributed by atoms with Gasteiger partial charge in [0.1, 0.15) is 5.41 Å². The van der Waals surface area contributed by atoms with Crippen LogP contribution in [0.5, 0.6) is 0 Å². The van der Waals surface area contributed by atoms with E-state index < -0.39 is 17.3 Å². The number of amides is 1. The molecule has 0 heterocycles. The molecule has 0 radical (unpaired) electrons. The number of anilines is 2. The van der Waals surface area contributed by atoms with Gasteiger partial charge >= 0.3 is 5.97 Å². The van der Waals surface area contributed by atoms with Gasteiger partial charge in [0.2, 0.25) is 5.91 Å². The van der Waals surface area contributed by atoms with Gasteiger partial charge in [-0.3, -0.25) is 9.59 Å². The number of carbonyl (C=O) groups excluding carboxylic acids is 1. The van der Waals surface area contributed by atoms with E-state index in [-0.39, 0.29) is 0 Å². The molecular weight excluding hydrogens is 244 g/mol. The minimum absolute atomic E-state index is 0.415. The summed E-state index contributed by atoms with van der Waals surface area (Å²) in [5, 5.41) is 11.9. The van der Waals surface area contributed by atoms with Gasteiger partial charge < -0.3 is 15.3 Å². The molecule has 1 aromatic rings. The third-order valence-electron chi connectivity index (χ3n) is 3.67. The van der Waals surface area contributed by atoms with Crippen molar-refractivity contribution < 1.29 is 14.7 Å². The molecule has 1 aliphatic rings. The summed E-state index contributed by atoms with van der Waals surface area (Å²) in [5.41, 5.74) is 0.355. The zero-order valence-corrected chi connectivity index (χ0v) is 11.1. The zero-order valence-electron chi connectivity index (χ0n) is 11.1. The Kier molecular flexibility index (Phi) is 3.46. The Balaban J connectivity index is 2.15. The highest BCUT2D eigenvalue weighted by atomic mass is 16.4. The van der Waals surface area contributed by atoms with Crippen molar-refractivity contribution >= 4 is 23.3 Å². The molecule has 0 bridgehead atoms. The van der Waals surface area contributed by atoms with E-state index in [1.54, 1.807) is 6.07 Å². The number of hydrogen-bond donors (Lipinski definition) is 2. The van der Waals surface area contributed by atoms with Crippen LogP contribution in [0.1, 0.15) is 19.3 Å². The highest BCUT2D eigenvalue weighted by Crippen LogP contribution is 2.42. The van der Waals surface area contributed by atoms with Crippen LogP contribution < -0.4 is 10.2 Å². The molecular formula is C14H18N2O3. The summed E-state index contributed by atoms with van der Waals surface area (Å²) < 4.78 is 0. The highest BCUT2D eigenvalue weighted by molar-refractivity contribution is 6.09. The van der Waals surface area contributed by atoms with E-state index in [2.05, 4.69) is 5.32 Å². The number of carboxylic acid groups (broad SMARTS) is 1. The monoisotopic (exact) mass is 262 g/mol. The van der Waals surface area contributed by atoms with Crippen molar-refractivity contribution in [3.63, 3.8) is 0 Å². The Labute approximate surface area is 112 Å². The SMILES string of the molecule is CN(C)c1cccc(NC(=O)C2(C(=O)O)CCC2)c1. The second kappa shape index (κ2) is 4.91. The van der Waals surface area contributed by atoms with E-state index in [9.17, 15) is 14.7 Å². The number of hydrogen-bond acceptors (Lipinski definition) is 3. The van der Waals surface area contributed by atoms with Crippen molar-refractivity contribution in [3.8, 4) is 0 Å². The van der Waals surface area contributed by atoms with Crippen molar-refractivity contribution in [2.24, 2.45) is 5.41 Å². The second-order valence-corrected chi connectivity index (χ2v) is 5.14. The minimum Gasteiger partial charge on any atom is -0.480 e. The van der Waals surface area contributed by atoms with Crippen LogP contribution in [0.15, 0.2) is 24.3 Å². The van der Waals surface area contributed by atoms with Crippen molar-refractivity contribution in [2.45, 2.75) is 19.3 Å². The van der Waals surface area contributed by atoms with Crippen LogP contribution in [0.2, 0.25) is 0 Å². The number of benzene rings is 1. The molecule has 2 N–H and O–H groups in total. The molecule has 19 heavy (non-hydrogen) atoms. The first-order valence-corrected chi connectivity index (χ1v) is 6.28. The van der Waals surface area contributed by atoms with E-state index in [1.165, 1.54) is 0 Å². The third-order valence-corrected chi connectivity index (χ3v) is 3.67. The van der Waals surface area contributed by atoms with E-state index in [4.69, 9.17) is 0 Å². The third kappa shape index (κ3) is 2.41. The average molecular weight is 262 g/mol. The maximum absolute atomic E-state index is 12.1. The quantitative estimate of drug-likeness (QED) is 0.814. The van der Waals surface area contributed by atoms with Gasteiger partial charge in [-0.25, -0.2) is 0 Å². The Morgan fingerprint density at radius 2 is 2.00 bits per heavy atom. The van der Waals surface area contributed by atoms with Crippen LogP contribution in [-0.4, -0.2) is 31.1 Å². The van der Waals surface area contributed by atoms with Gasteiger partial charge in [-0.15, -0.1) is 0 Å². The normalized spacial score (nSPS) is 16.3. The zero-order chi connectivity index (χ0) is 14.0. The van der Waals surface area contributed by atoms with Gasteiger partial charge in [0.25, 0.3) is 0 Å². The summed E-state index contributed by atoms with van der Waals surface area (Å²) in [4.78, 5) is 25.3. The second-order valence-electron chi connectivity index (χ2n) is 5.14. The largest absolute Gasteiger partial charge is 0.480 e. The number of carboxylic acids is 1. The summed E-state index contributed by atoms with van der Waals surface area (Å²) in [6.07, 6.45) is 1.63. The van der Waals surface area contributed by atoms with E-state index in [1.807, 2.05) is 37.2 Å². The summed E-state index contributed by atoms with van der Waals surface area (Å²) in [6, 6.07) is 7.34. The molecule has 0 aromatic heterocycles. The molecule has 0 aliphatic heterocycles.